The highest BCUT2D eigenvalue weighted by atomic mass is 32.1. The maximum atomic E-state index is 11.4. The number of nitrogens with one attached hydrogen (secondary N) is 1. The zero-order chi connectivity index (χ0) is 14.0. The Labute approximate surface area is 116 Å². The van der Waals surface area contributed by atoms with Crippen LogP contribution in [0.2, 0.25) is 0 Å². The summed E-state index contributed by atoms with van der Waals surface area (Å²) in [7, 11) is 2.09. The molecule has 1 aromatic rings. The van der Waals surface area contributed by atoms with Crippen LogP contribution in [0.25, 0.3) is 0 Å². The molecule has 1 aliphatic heterocycles. The SMILES string of the molecule is CN1CCC(CNc2sc(C#N)c(N)c2C(N)=O)C1. The Kier molecular flexibility index (Phi) is 3.93. The predicted molar refractivity (Wildman–Crippen MR) is 76.1 cm³/mol. The molecule has 1 fully saturated rings. The second-order valence-corrected chi connectivity index (χ2v) is 5.84. The maximum Gasteiger partial charge on any atom is 0.253 e. The standard InChI is InChI=1S/C12H17N5OS/c1-17-3-2-7(6-17)5-16-12-9(11(15)18)10(14)8(4-13)19-12/h7,16H,2-3,5-6,14H2,1H3,(H2,15,18). The van der Waals surface area contributed by atoms with Gasteiger partial charge >= 0.3 is 0 Å². The smallest absolute Gasteiger partial charge is 0.253 e. The molecule has 1 unspecified atom stereocenters. The van der Waals surface area contributed by atoms with Crippen molar-refractivity contribution in [2.45, 2.75) is 6.42 Å². The number of rotatable bonds is 4. The molecule has 1 atom stereocenters. The Balaban J connectivity index is 2.12. The van der Waals surface area contributed by atoms with Gasteiger partial charge in [0, 0.05) is 13.1 Å². The lowest BCUT2D eigenvalue weighted by Gasteiger charge is -2.12. The van der Waals surface area contributed by atoms with Crippen LogP contribution in [0.1, 0.15) is 21.7 Å². The van der Waals surface area contributed by atoms with Crippen LogP contribution in [0.4, 0.5) is 10.7 Å². The van der Waals surface area contributed by atoms with Gasteiger partial charge in [0.1, 0.15) is 15.9 Å². The number of thiophene rings is 1. The number of amides is 1. The van der Waals surface area contributed by atoms with Crippen molar-refractivity contribution in [1.82, 2.24) is 4.90 Å². The molecule has 0 spiro atoms. The maximum absolute atomic E-state index is 11.4. The molecular weight excluding hydrogens is 262 g/mol. The Morgan fingerprint density at radius 3 is 2.95 bits per heavy atom. The summed E-state index contributed by atoms with van der Waals surface area (Å²) in [5.74, 6) is -0.0547. The minimum Gasteiger partial charge on any atom is -0.396 e. The highest BCUT2D eigenvalue weighted by Crippen LogP contribution is 2.35. The van der Waals surface area contributed by atoms with Crippen molar-refractivity contribution in [2.75, 3.05) is 37.7 Å². The highest BCUT2D eigenvalue weighted by Gasteiger charge is 2.23. The quantitative estimate of drug-likeness (QED) is 0.750. The topological polar surface area (TPSA) is 108 Å². The summed E-state index contributed by atoms with van der Waals surface area (Å²) >= 11 is 1.19. The molecule has 1 saturated heterocycles. The predicted octanol–water partition coefficient (Wildman–Crippen LogP) is 0.664. The van der Waals surface area contributed by atoms with Crippen molar-refractivity contribution >= 4 is 27.9 Å². The van der Waals surface area contributed by atoms with Crippen LogP contribution in [0, 0.1) is 17.2 Å². The van der Waals surface area contributed by atoms with Crippen LogP contribution in [0.15, 0.2) is 0 Å². The summed E-state index contributed by atoms with van der Waals surface area (Å²) in [6.45, 7) is 2.88. The molecule has 1 aromatic heterocycles. The number of carbonyl (C=O) groups is 1. The molecule has 7 heteroatoms. The van der Waals surface area contributed by atoms with E-state index in [1.54, 1.807) is 0 Å². The summed E-state index contributed by atoms with van der Waals surface area (Å²) < 4.78 is 0. The van der Waals surface area contributed by atoms with Gasteiger partial charge in [0.05, 0.1) is 11.3 Å². The van der Waals surface area contributed by atoms with Gasteiger partial charge in [-0.1, -0.05) is 0 Å². The first-order chi connectivity index (χ1) is 9.02. The number of hydrogen-bond acceptors (Lipinski definition) is 6. The molecule has 0 bridgehead atoms. The third kappa shape index (κ3) is 2.80. The fourth-order valence-corrected chi connectivity index (χ4v) is 3.26. The van der Waals surface area contributed by atoms with Gasteiger partial charge in [0.15, 0.2) is 0 Å². The Morgan fingerprint density at radius 1 is 1.68 bits per heavy atom. The minimum absolute atomic E-state index is 0.186. The summed E-state index contributed by atoms with van der Waals surface area (Å²) in [6, 6.07) is 1.98. The summed E-state index contributed by atoms with van der Waals surface area (Å²) in [5, 5.41) is 12.8. The van der Waals surface area contributed by atoms with Crippen molar-refractivity contribution in [3.8, 4) is 6.07 Å². The van der Waals surface area contributed by atoms with Crippen molar-refractivity contribution in [1.29, 1.82) is 5.26 Å². The number of nitriles is 1. The number of anilines is 2. The number of nitrogen functional groups attached to an aromatic ring is 1. The van der Waals surface area contributed by atoms with E-state index in [0.29, 0.717) is 15.8 Å². The van der Waals surface area contributed by atoms with Gasteiger partial charge < -0.3 is 21.7 Å². The third-order valence-electron chi connectivity index (χ3n) is 3.33. The molecule has 1 aliphatic rings. The average molecular weight is 279 g/mol. The van der Waals surface area contributed by atoms with E-state index in [2.05, 4.69) is 17.3 Å². The van der Waals surface area contributed by atoms with Crippen molar-refractivity contribution < 1.29 is 4.79 Å². The van der Waals surface area contributed by atoms with Gasteiger partial charge in [-0.15, -0.1) is 11.3 Å². The molecule has 6 nitrogen and oxygen atoms in total. The van der Waals surface area contributed by atoms with Gasteiger partial charge in [-0.2, -0.15) is 5.26 Å². The van der Waals surface area contributed by atoms with Crippen LogP contribution >= 0.6 is 11.3 Å². The normalized spacial score (nSPS) is 19.3. The average Bonchev–Trinajstić information content (AvgIpc) is 2.90. The van der Waals surface area contributed by atoms with Crippen molar-refractivity contribution in [3.63, 3.8) is 0 Å². The zero-order valence-electron chi connectivity index (χ0n) is 10.8. The monoisotopic (exact) mass is 279 g/mol. The fourth-order valence-electron chi connectivity index (χ4n) is 2.33. The minimum atomic E-state index is -0.596. The van der Waals surface area contributed by atoms with Crippen molar-refractivity contribution in [3.05, 3.63) is 10.4 Å². The van der Waals surface area contributed by atoms with Crippen LogP contribution in [-0.2, 0) is 0 Å². The van der Waals surface area contributed by atoms with Gasteiger partial charge in [-0.3, -0.25) is 4.79 Å². The van der Waals surface area contributed by atoms with E-state index in [-0.39, 0.29) is 11.3 Å². The molecule has 0 radical (unpaired) electrons. The van der Waals surface area contributed by atoms with Crippen LogP contribution in [0.3, 0.4) is 0 Å². The summed E-state index contributed by atoms with van der Waals surface area (Å²) in [6.07, 6.45) is 1.13. The second-order valence-electron chi connectivity index (χ2n) is 4.82. The zero-order valence-corrected chi connectivity index (χ0v) is 11.6. The molecule has 1 amide bonds. The second kappa shape index (κ2) is 5.47. The highest BCUT2D eigenvalue weighted by molar-refractivity contribution is 7.17. The fraction of sp³-hybridized carbons (Fsp3) is 0.500. The number of likely N-dealkylation sites (tertiary alicyclic amines) is 1. The summed E-state index contributed by atoms with van der Waals surface area (Å²) in [4.78, 5) is 14.0. The molecule has 0 saturated carbocycles. The van der Waals surface area contributed by atoms with Gasteiger partial charge in [-0.05, 0) is 25.9 Å². The van der Waals surface area contributed by atoms with E-state index in [1.165, 1.54) is 11.3 Å². The van der Waals surface area contributed by atoms with E-state index in [0.717, 1.165) is 26.1 Å². The molecule has 2 rings (SSSR count). The van der Waals surface area contributed by atoms with Gasteiger partial charge in [-0.25, -0.2) is 0 Å². The molecule has 19 heavy (non-hydrogen) atoms. The Morgan fingerprint density at radius 2 is 2.42 bits per heavy atom. The number of nitrogens with zero attached hydrogens (tertiary/aromatic N) is 2. The molecule has 5 N–H and O–H groups in total. The number of primary amides is 1. The molecule has 102 valence electrons. The van der Waals surface area contributed by atoms with E-state index in [9.17, 15) is 4.79 Å². The lowest BCUT2D eigenvalue weighted by atomic mass is 10.1. The molecule has 0 aliphatic carbocycles. The molecule has 0 aromatic carbocycles. The van der Waals surface area contributed by atoms with Crippen molar-refractivity contribution in [2.24, 2.45) is 11.7 Å². The first-order valence-electron chi connectivity index (χ1n) is 6.07. The van der Waals surface area contributed by atoms with E-state index < -0.39 is 5.91 Å². The lowest BCUT2D eigenvalue weighted by Crippen LogP contribution is -2.20. The lowest BCUT2D eigenvalue weighted by molar-refractivity contribution is 0.100. The van der Waals surface area contributed by atoms with E-state index in [1.807, 2.05) is 6.07 Å². The van der Waals surface area contributed by atoms with Crippen LogP contribution in [0.5, 0.6) is 0 Å². The largest absolute Gasteiger partial charge is 0.396 e. The van der Waals surface area contributed by atoms with Gasteiger partial charge in [0.2, 0.25) is 0 Å². The molecular formula is C12H17N5OS. The van der Waals surface area contributed by atoms with Crippen LogP contribution < -0.4 is 16.8 Å². The number of hydrogen-bond donors (Lipinski definition) is 3. The first-order valence-corrected chi connectivity index (χ1v) is 6.89. The van der Waals surface area contributed by atoms with E-state index in [4.69, 9.17) is 16.7 Å². The number of carbonyl (C=O) groups excluding carboxylic acids is 1. The van der Waals surface area contributed by atoms with Gasteiger partial charge in [0.25, 0.3) is 5.91 Å². The Bertz CT molecular complexity index is 533. The first kappa shape index (κ1) is 13.6. The summed E-state index contributed by atoms with van der Waals surface area (Å²) in [5.41, 5.74) is 11.5. The molecule has 2 heterocycles. The third-order valence-corrected chi connectivity index (χ3v) is 4.40. The number of nitrogens with two attached hydrogens (primary N) is 2. The Hall–Kier alpha value is -1.78. The van der Waals surface area contributed by atoms with Crippen LogP contribution in [-0.4, -0.2) is 37.5 Å². The van der Waals surface area contributed by atoms with E-state index >= 15 is 0 Å².